The van der Waals surface area contributed by atoms with Crippen LogP contribution in [0.15, 0.2) is 52.5 Å². The van der Waals surface area contributed by atoms with E-state index in [-0.39, 0.29) is 11.9 Å². The highest BCUT2D eigenvalue weighted by atomic mass is 32.1. The second-order valence-corrected chi connectivity index (χ2v) is 6.79. The summed E-state index contributed by atoms with van der Waals surface area (Å²) in [4.78, 5) is 1.33. The van der Waals surface area contributed by atoms with Crippen LogP contribution in [-0.4, -0.2) is 5.71 Å². The summed E-state index contributed by atoms with van der Waals surface area (Å²) >= 11 is 1.77. The molecule has 0 radical (unpaired) electrons. The number of rotatable bonds is 2. The number of thiophene rings is 1. The van der Waals surface area contributed by atoms with E-state index in [4.69, 9.17) is 0 Å². The van der Waals surface area contributed by atoms with Crippen LogP contribution in [0.2, 0.25) is 0 Å². The SMILES string of the molecule is Fc1ccccc1C=C1CCCC2C1=NNC2c1cccs1. The Morgan fingerprint density at radius 3 is 2.95 bits per heavy atom. The molecule has 1 fully saturated rings. The second-order valence-electron chi connectivity index (χ2n) is 5.81. The van der Waals surface area contributed by atoms with Crippen molar-refractivity contribution in [3.63, 3.8) is 0 Å². The fourth-order valence-corrected chi connectivity index (χ4v) is 4.21. The Kier molecular flexibility index (Phi) is 3.54. The highest BCUT2D eigenvalue weighted by Gasteiger charge is 2.37. The van der Waals surface area contributed by atoms with Crippen LogP contribution in [0.25, 0.3) is 6.08 Å². The van der Waals surface area contributed by atoms with Crippen LogP contribution in [0.1, 0.15) is 35.7 Å². The number of halogens is 1. The lowest BCUT2D eigenvalue weighted by molar-refractivity contribution is 0.456. The Bertz CT molecular complexity index is 733. The topological polar surface area (TPSA) is 24.4 Å². The third-order valence-corrected chi connectivity index (χ3v) is 5.41. The van der Waals surface area contributed by atoms with Crippen molar-refractivity contribution in [1.29, 1.82) is 0 Å². The molecule has 1 saturated carbocycles. The highest BCUT2D eigenvalue weighted by Crippen LogP contribution is 2.40. The Labute approximate surface area is 133 Å². The summed E-state index contributed by atoms with van der Waals surface area (Å²) < 4.78 is 13.9. The molecule has 112 valence electrons. The fourth-order valence-electron chi connectivity index (χ4n) is 3.38. The van der Waals surface area contributed by atoms with E-state index < -0.39 is 0 Å². The van der Waals surface area contributed by atoms with Gasteiger partial charge in [0.05, 0.1) is 11.8 Å². The zero-order chi connectivity index (χ0) is 14.9. The molecule has 0 spiro atoms. The van der Waals surface area contributed by atoms with Gasteiger partial charge in [-0.3, -0.25) is 0 Å². The summed E-state index contributed by atoms with van der Waals surface area (Å²) in [7, 11) is 0. The maximum atomic E-state index is 13.9. The molecule has 2 atom stereocenters. The standard InChI is InChI=1S/C18H17FN2S/c19-15-8-2-1-5-12(15)11-13-6-3-7-14-17(13)20-21-18(14)16-9-4-10-22-16/h1-2,4-5,8-11,14,18,21H,3,6-7H2. The van der Waals surface area contributed by atoms with Gasteiger partial charge in [-0.25, -0.2) is 4.39 Å². The Morgan fingerprint density at radius 2 is 2.14 bits per heavy atom. The minimum atomic E-state index is -0.168. The number of fused-ring (bicyclic) bond motifs is 1. The molecule has 0 amide bonds. The second kappa shape index (κ2) is 5.69. The van der Waals surface area contributed by atoms with Gasteiger partial charge in [0.1, 0.15) is 5.82 Å². The summed E-state index contributed by atoms with van der Waals surface area (Å²) in [6.07, 6.45) is 5.22. The van der Waals surface area contributed by atoms with Gasteiger partial charge in [-0.05, 0) is 48.4 Å². The normalized spacial score (nSPS) is 25.7. The molecule has 2 nitrogen and oxygen atoms in total. The smallest absolute Gasteiger partial charge is 0.130 e. The number of allylic oxidation sites excluding steroid dienone is 1. The predicted molar refractivity (Wildman–Crippen MR) is 89.3 cm³/mol. The molecule has 4 heteroatoms. The maximum absolute atomic E-state index is 13.9. The minimum absolute atomic E-state index is 0.168. The van der Waals surface area contributed by atoms with Crippen LogP contribution in [0.4, 0.5) is 4.39 Å². The minimum Gasteiger partial charge on any atom is -0.301 e. The third kappa shape index (κ3) is 2.37. The average Bonchev–Trinajstić information content (AvgIpc) is 3.18. The first-order valence-corrected chi connectivity index (χ1v) is 8.53. The molecular formula is C18H17FN2S. The summed E-state index contributed by atoms with van der Waals surface area (Å²) in [6.45, 7) is 0. The molecule has 0 bridgehead atoms. The van der Waals surface area contributed by atoms with Gasteiger partial charge in [-0.1, -0.05) is 24.3 Å². The van der Waals surface area contributed by atoms with Crippen molar-refractivity contribution >= 4 is 23.1 Å². The van der Waals surface area contributed by atoms with Crippen molar-refractivity contribution in [1.82, 2.24) is 5.43 Å². The van der Waals surface area contributed by atoms with E-state index in [2.05, 4.69) is 28.0 Å². The van der Waals surface area contributed by atoms with Gasteiger partial charge in [0.15, 0.2) is 0 Å². The zero-order valence-electron chi connectivity index (χ0n) is 12.1. The molecular weight excluding hydrogens is 295 g/mol. The van der Waals surface area contributed by atoms with Crippen molar-refractivity contribution in [3.8, 4) is 0 Å². The number of nitrogens with zero attached hydrogens (tertiary/aromatic N) is 1. The van der Waals surface area contributed by atoms with Gasteiger partial charge >= 0.3 is 0 Å². The first-order valence-electron chi connectivity index (χ1n) is 7.65. The molecule has 0 saturated heterocycles. The highest BCUT2D eigenvalue weighted by molar-refractivity contribution is 7.10. The summed E-state index contributed by atoms with van der Waals surface area (Å²) in [6, 6.07) is 11.5. The average molecular weight is 312 g/mol. The number of hydrogen-bond acceptors (Lipinski definition) is 3. The van der Waals surface area contributed by atoms with Gasteiger partial charge < -0.3 is 5.43 Å². The third-order valence-electron chi connectivity index (χ3n) is 4.45. The molecule has 1 aliphatic carbocycles. The molecule has 22 heavy (non-hydrogen) atoms. The van der Waals surface area contributed by atoms with Gasteiger partial charge in [0.2, 0.25) is 0 Å². The number of hydrazone groups is 1. The maximum Gasteiger partial charge on any atom is 0.130 e. The van der Waals surface area contributed by atoms with Crippen LogP contribution in [-0.2, 0) is 0 Å². The van der Waals surface area contributed by atoms with Crippen LogP contribution in [0.3, 0.4) is 0 Å². The van der Waals surface area contributed by atoms with Gasteiger partial charge in [0.25, 0.3) is 0 Å². The monoisotopic (exact) mass is 312 g/mol. The Balaban J connectivity index is 1.65. The van der Waals surface area contributed by atoms with Crippen molar-refractivity contribution in [2.24, 2.45) is 11.0 Å². The van der Waals surface area contributed by atoms with E-state index in [0.29, 0.717) is 11.5 Å². The lowest BCUT2D eigenvalue weighted by Gasteiger charge is -2.25. The number of nitrogens with one attached hydrogen (secondary N) is 1. The lowest BCUT2D eigenvalue weighted by Crippen LogP contribution is -2.25. The van der Waals surface area contributed by atoms with Crippen LogP contribution >= 0.6 is 11.3 Å². The lowest BCUT2D eigenvalue weighted by atomic mass is 9.79. The molecule has 2 aliphatic rings. The van der Waals surface area contributed by atoms with Gasteiger partial charge in [0, 0.05) is 16.4 Å². The van der Waals surface area contributed by atoms with Crippen molar-refractivity contribution in [2.45, 2.75) is 25.3 Å². The molecule has 2 heterocycles. The first kappa shape index (κ1) is 13.7. The molecule has 4 rings (SSSR count). The van der Waals surface area contributed by atoms with Crippen LogP contribution in [0.5, 0.6) is 0 Å². The van der Waals surface area contributed by atoms with Crippen molar-refractivity contribution in [3.05, 3.63) is 63.6 Å². The van der Waals surface area contributed by atoms with E-state index in [0.717, 1.165) is 25.0 Å². The fraction of sp³-hybridized carbons (Fsp3) is 0.278. The van der Waals surface area contributed by atoms with E-state index in [1.807, 2.05) is 18.2 Å². The largest absolute Gasteiger partial charge is 0.301 e. The summed E-state index contributed by atoms with van der Waals surface area (Å²) in [5.74, 6) is 0.240. The molecule has 2 aromatic rings. The zero-order valence-corrected chi connectivity index (χ0v) is 12.9. The summed E-state index contributed by atoms with van der Waals surface area (Å²) in [5, 5.41) is 6.69. The number of hydrogen-bond donors (Lipinski definition) is 1. The Morgan fingerprint density at radius 1 is 1.23 bits per heavy atom. The first-order chi connectivity index (χ1) is 10.8. The van der Waals surface area contributed by atoms with Crippen LogP contribution in [0, 0.1) is 11.7 Å². The number of benzene rings is 1. The van der Waals surface area contributed by atoms with E-state index in [9.17, 15) is 4.39 Å². The van der Waals surface area contributed by atoms with Crippen molar-refractivity contribution in [2.75, 3.05) is 0 Å². The molecule has 1 N–H and O–H groups in total. The molecule has 1 aromatic heterocycles. The van der Waals surface area contributed by atoms with Gasteiger partial charge in [-0.2, -0.15) is 5.10 Å². The van der Waals surface area contributed by atoms with Crippen LogP contribution < -0.4 is 5.43 Å². The molecule has 2 unspecified atom stereocenters. The van der Waals surface area contributed by atoms with Crippen molar-refractivity contribution < 1.29 is 4.39 Å². The quantitative estimate of drug-likeness (QED) is 0.848. The molecule has 1 aromatic carbocycles. The van der Waals surface area contributed by atoms with E-state index in [1.165, 1.54) is 16.5 Å². The van der Waals surface area contributed by atoms with E-state index >= 15 is 0 Å². The Hall–Kier alpha value is -1.94. The summed E-state index contributed by atoms with van der Waals surface area (Å²) in [5.41, 5.74) is 6.24. The van der Waals surface area contributed by atoms with E-state index in [1.54, 1.807) is 17.4 Å². The molecule has 1 aliphatic heterocycles. The predicted octanol–water partition coefficient (Wildman–Crippen LogP) is 4.77. The van der Waals surface area contributed by atoms with Gasteiger partial charge in [-0.15, -0.1) is 11.3 Å².